The second-order valence-corrected chi connectivity index (χ2v) is 9.00. The first-order valence-electron chi connectivity index (χ1n) is 10.2. The van der Waals surface area contributed by atoms with Crippen molar-refractivity contribution in [1.29, 1.82) is 0 Å². The molecule has 150 valence electrons. The van der Waals surface area contributed by atoms with Crippen LogP contribution in [0.3, 0.4) is 0 Å². The number of likely N-dealkylation sites (N-methyl/N-ethyl adjacent to an activating group) is 1. The Labute approximate surface area is 163 Å². The van der Waals surface area contributed by atoms with E-state index in [0.29, 0.717) is 31.6 Å². The van der Waals surface area contributed by atoms with Crippen LogP contribution in [0.4, 0.5) is 0 Å². The van der Waals surface area contributed by atoms with E-state index in [4.69, 9.17) is 14.2 Å². The third kappa shape index (κ3) is 1.63. The normalized spacial score (nSPS) is 44.8. The summed E-state index contributed by atoms with van der Waals surface area (Å²) in [5.74, 6) is 0.183. The number of nitrogens with zero attached hydrogens (tertiary/aromatic N) is 1. The predicted octanol–water partition coefficient (Wildman–Crippen LogP) is 0.877. The molecular formula is C21H25NO6. The summed E-state index contributed by atoms with van der Waals surface area (Å²) in [5, 5.41) is 22.6. The average molecular weight is 387 g/mol. The second kappa shape index (κ2) is 5.01. The number of fused-ring (bicyclic) bond motifs is 1. The lowest BCUT2D eigenvalue weighted by Gasteiger charge is -2.63. The molecule has 2 bridgehead atoms. The van der Waals surface area contributed by atoms with Gasteiger partial charge in [-0.3, -0.25) is 0 Å². The molecule has 6 atom stereocenters. The van der Waals surface area contributed by atoms with Gasteiger partial charge in [0.05, 0.1) is 17.6 Å². The molecule has 1 aromatic carbocycles. The molecule has 3 aliphatic heterocycles. The number of hydrogen-bond acceptors (Lipinski definition) is 7. The number of phenolic OH excluding ortho intramolecular Hbond substituents is 1. The summed E-state index contributed by atoms with van der Waals surface area (Å²) in [6.07, 6.45) is 1.32. The predicted molar refractivity (Wildman–Crippen MR) is 97.4 cm³/mol. The lowest BCUT2D eigenvalue weighted by atomic mass is 9.47. The van der Waals surface area contributed by atoms with Gasteiger partial charge in [0.1, 0.15) is 11.7 Å². The van der Waals surface area contributed by atoms with E-state index >= 15 is 0 Å². The Kier molecular flexibility index (Phi) is 3.05. The number of likely N-dealkylation sites (tertiary alicyclic amines) is 1. The SMILES string of the molecule is CCOC(=O)[C@@H]1OC12CCC1(O)C3Cc4ccc(O)c5c4[C@@]1(CCN3C)C2O5. The van der Waals surface area contributed by atoms with E-state index in [1.165, 1.54) is 0 Å². The molecule has 2 N–H and O–H groups in total. The van der Waals surface area contributed by atoms with Crippen molar-refractivity contribution >= 4 is 5.97 Å². The number of piperidine rings is 1. The highest BCUT2D eigenvalue weighted by Crippen LogP contribution is 2.70. The third-order valence-corrected chi connectivity index (χ3v) is 8.05. The molecule has 3 heterocycles. The molecule has 0 aromatic heterocycles. The Morgan fingerprint density at radius 1 is 1.36 bits per heavy atom. The molecule has 3 fully saturated rings. The van der Waals surface area contributed by atoms with Gasteiger partial charge in [-0.2, -0.15) is 0 Å². The summed E-state index contributed by atoms with van der Waals surface area (Å²) < 4.78 is 17.6. The average Bonchev–Trinajstić information content (AvgIpc) is 3.27. The minimum Gasteiger partial charge on any atom is -0.504 e. The summed E-state index contributed by atoms with van der Waals surface area (Å²) in [6.45, 7) is 2.90. The fourth-order valence-electron chi connectivity index (χ4n) is 6.82. The molecule has 4 unspecified atom stereocenters. The number of esters is 1. The molecule has 7 heteroatoms. The molecule has 7 nitrogen and oxygen atoms in total. The minimum absolute atomic E-state index is 0.0208. The molecule has 5 aliphatic rings. The summed E-state index contributed by atoms with van der Waals surface area (Å²) in [6, 6.07) is 3.60. The van der Waals surface area contributed by atoms with Crippen molar-refractivity contribution < 1.29 is 29.2 Å². The van der Waals surface area contributed by atoms with E-state index < -0.39 is 28.8 Å². The van der Waals surface area contributed by atoms with Gasteiger partial charge in [-0.05, 0) is 57.8 Å². The number of aromatic hydroxyl groups is 1. The monoisotopic (exact) mass is 387 g/mol. The van der Waals surface area contributed by atoms with Crippen LogP contribution in [0.1, 0.15) is 37.3 Å². The van der Waals surface area contributed by atoms with Crippen LogP contribution in [0.2, 0.25) is 0 Å². The maximum absolute atomic E-state index is 12.4. The molecule has 0 amide bonds. The Bertz CT molecular complexity index is 903. The fourth-order valence-corrected chi connectivity index (χ4v) is 6.82. The van der Waals surface area contributed by atoms with Gasteiger partial charge in [-0.25, -0.2) is 4.79 Å². The summed E-state index contributed by atoms with van der Waals surface area (Å²) in [7, 11) is 2.06. The maximum atomic E-state index is 12.4. The second-order valence-electron chi connectivity index (χ2n) is 9.00. The van der Waals surface area contributed by atoms with Crippen molar-refractivity contribution in [2.75, 3.05) is 20.2 Å². The van der Waals surface area contributed by atoms with Crippen LogP contribution in [0, 0.1) is 0 Å². The number of ether oxygens (including phenoxy) is 3. The lowest BCUT2D eigenvalue weighted by molar-refractivity contribution is -0.196. The number of phenols is 1. The topological polar surface area (TPSA) is 91.8 Å². The van der Waals surface area contributed by atoms with E-state index in [-0.39, 0.29) is 17.8 Å². The van der Waals surface area contributed by atoms with Crippen molar-refractivity contribution in [3.05, 3.63) is 23.3 Å². The zero-order valence-electron chi connectivity index (χ0n) is 16.1. The summed E-state index contributed by atoms with van der Waals surface area (Å²) in [4.78, 5) is 14.7. The number of carbonyl (C=O) groups is 1. The molecule has 2 aliphatic carbocycles. The van der Waals surface area contributed by atoms with Crippen LogP contribution >= 0.6 is 0 Å². The molecule has 28 heavy (non-hydrogen) atoms. The van der Waals surface area contributed by atoms with Gasteiger partial charge in [0, 0.05) is 11.6 Å². The largest absolute Gasteiger partial charge is 0.504 e. The first-order chi connectivity index (χ1) is 13.4. The van der Waals surface area contributed by atoms with Gasteiger partial charge in [0.15, 0.2) is 17.6 Å². The third-order valence-electron chi connectivity index (χ3n) is 8.05. The molecule has 2 spiro atoms. The molecule has 1 aromatic rings. The Hall–Kier alpha value is -1.83. The van der Waals surface area contributed by atoms with Crippen LogP contribution in [0.5, 0.6) is 11.5 Å². The van der Waals surface area contributed by atoms with Crippen molar-refractivity contribution in [2.24, 2.45) is 0 Å². The molecule has 2 saturated heterocycles. The minimum atomic E-state index is -0.979. The number of benzene rings is 1. The standard InChI is InChI=1S/C21H25NO6/c1-3-26-17(24)16-20(28-16)6-7-21(25)13-10-11-4-5-12(23)15-14(11)19(21,18(20)27-15)8-9-22(13)2/h4-5,13,16,18,23,25H,3,6-10H2,1-2H3/t13?,16-,18?,19-,20?,21?/m0/s1. The number of aliphatic hydroxyl groups is 1. The Morgan fingerprint density at radius 3 is 2.96 bits per heavy atom. The van der Waals surface area contributed by atoms with Gasteiger partial charge in [0.25, 0.3) is 0 Å². The Morgan fingerprint density at radius 2 is 2.18 bits per heavy atom. The Balaban J connectivity index is 1.55. The van der Waals surface area contributed by atoms with Crippen molar-refractivity contribution in [2.45, 2.75) is 67.5 Å². The van der Waals surface area contributed by atoms with Crippen LogP contribution in [-0.4, -0.2) is 70.7 Å². The molecular weight excluding hydrogens is 362 g/mol. The van der Waals surface area contributed by atoms with Gasteiger partial charge >= 0.3 is 5.97 Å². The van der Waals surface area contributed by atoms with Gasteiger partial charge in [-0.1, -0.05) is 6.07 Å². The van der Waals surface area contributed by atoms with E-state index in [9.17, 15) is 15.0 Å². The number of carbonyl (C=O) groups excluding carboxylic acids is 1. The fraction of sp³-hybridized carbons (Fsp3) is 0.667. The maximum Gasteiger partial charge on any atom is 0.338 e. The lowest BCUT2D eigenvalue weighted by Crippen LogP contribution is -2.77. The van der Waals surface area contributed by atoms with Gasteiger partial charge in [-0.15, -0.1) is 0 Å². The van der Waals surface area contributed by atoms with E-state index in [2.05, 4.69) is 11.9 Å². The van der Waals surface area contributed by atoms with E-state index in [1.54, 1.807) is 13.0 Å². The van der Waals surface area contributed by atoms with Crippen LogP contribution in [0.15, 0.2) is 12.1 Å². The van der Waals surface area contributed by atoms with Crippen LogP contribution in [-0.2, 0) is 26.1 Å². The first kappa shape index (κ1) is 17.1. The van der Waals surface area contributed by atoms with E-state index in [1.807, 2.05) is 6.07 Å². The highest BCUT2D eigenvalue weighted by molar-refractivity contribution is 5.80. The zero-order chi connectivity index (χ0) is 19.5. The van der Waals surface area contributed by atoms with Crippen molar-refractivity contribution in [3.63, 3.8) is 0 Å². The molecule has 6 rings (SSSR count). The highest BCUT2D eigenvalue weighted by Gasteiger charge is 2.82. The number of rotatable bonds is 2. The van der Waals surface area contributed by atoms with Crippen LogP contribution < -0.4 is 4.74 Å². The summed E-state index contributed by atoms with van der Waals surface area (Å²) in [5.41, 5.74) is -0.402. The first-order valence-corrected chi connectivity index (χ1v) is 10.2. The van der Waals surface area contributed by atoms with Crippen molar-refractivity contribution in [1.82, 2.24) is 4.90 Å². The number of epoxide rings is 1. The quantitative estimate of drug-likeness (QED) is 0.575. The number of hydrogen-bond donors (Lipinski definition) is 2. The summed E-state index contributed by atoms with van der Waals surface area (Å²) >= 11 is 0. The smallest absolute Gasteiger partial charge is 0.338 e. The van der Waals surface area contributed by atoms with Gasteiger partial charge in [0.2, 0.25) is 0 Å². The highest BCUT2D eigenvalue weighted by atomic mass is 16.7. The van der Waals surface area contributed by atoms with Gasteiger partial charge < -0.3 is 29.3 Å². The zero-order valence-corrected chi connectivity index (χ0v) is 16.1. The molecule has 1 saturated carbocycles. The van der Waals surface area contributed by atoms with E-state index in [0.717, 1.165) is 24.1 Å². The van der Waals surface area contributed by atoms with Crippen LogP contribution in [0.25, 0.3) is 0 Å². The van der Waals surface area contributed by atoms with Crippen molar-refractivity contribution in [3.8, 4) is 11.5 Å². The molecule has 0 radical (unpaired) electrons.